The molecule has 0 atom stereocenters. The quantitative estimate of drug-likeness (QED) is 0.0423. The van der Waals surface area contributed by atoms with Gasteiger partial charge in [-0.25, -0.2) is 19.2 Å². The van der Waals surface area contributed by atoms with Crippen LogP contribution in [0.5, 0.6) is 11.5 Å². The molecule has 0 fully saturated rings. The maximum absolute atomic E-state index is 12.5. The topological polar surface area (TPSA) is 105 Å². The molecule has 0 saturated heterocycles. The molecule has 0 radical (unpaired) electrons. The molecular formula is C40H58O8. The van der Waals surface area contributed by atoms with Crippen LogP contribution < -0.4 is 9.47 Å². The Labute approximate surface area is 288 Å². The summed E-state index contributed by atoms with van der Waals surface area (Å²) in [6, 6.07) is 11.8. The maximum Gasteiger partial charge on any atom is 0.423 e. The second kappa shape index (κ2) is 26.3. The highest BCUT2D eigenvalue weighted by Gasteiger charge is 2.21. The second-order valence-corrected chi connectivity index (χ2v) is 12.5. The number of esters is 4. The molecule has 0 bridgehead atoms. The number of carbonyl (C=O) groups excluding carboxylic acids is 4. The highest BCUT2D eigenvalue weighted by atomic mass is 16.6. The van der Waals surface area contributed by atoms with Gasteiger partial charge in [0.1, 0.15) is 11.5 Å². The fourth-order valence-electron chi connectivity index (χ4n) is 5.35. The van der Waals surface area contributed by atoms with Crippen molar-refractivity contribution < 1.29 is 38.1 Å². The van der Waals surface area contributed by atoms with E-state index in [1.165, 1.54) is 126 Å². The van der Waals surface area contributed by atoms with Crippen molar-refractivity contribution in [2.45, 2.75) is 142 Å². The molecule has 2 rings (SSSR count). The van der Waals surface area contributed by atoms with Crippen LogP contribution in [0.1, 0.15) is 163 Å². The zero-order valence-corrected chi connectivity index (χ0v) is 29.4. The van der Waals surface area contributed by atoms with Gasteiger partial charge in [-0.15, -0.1) is 0 Å². The van der Waals surface area contributed by atoms with Crippen molar-refractivity contribution in [1.82, 2.24) is 0 Å². The number of ether oxygens (including phenoxy) is 4. The first-order valence-electron chi connectivity index (χ1n) is 18.4. The van der Waals surface area contributed by atoms with Crippen molar-refractivity contribution in [1.29, 1.82) is 0 Å². The van der Waals surface area contributed by atoms with Crippen molar-refractivity contribution in [3.8, 4) is 11.5 Å². The Morgan fingerprint density at radius 2 is 0.750 bits per heavy atom. The van der Waals surface area contributed by atoms with E-state index in [1.54, 1.807) is 12.1 Å². The molecule has 0 aliphatic carbocycles. The summed E-state index contributed by atoms with van der Waals surface area (Å²) in [4.78, 5) is 49.8. The monoisotopic (exact) mass is 666 g/mol. The van der Waals surface area contributed by atoms with Gasteiger partial charge in [0.15, 0.2) is 0 Å². The highest BCUT2D eigenvalue weighted by molar-refractivity contribution is 6.31. The third kappa shape index (κ3) is 18.6. The Bertz CT molecular complexity index is 1110. The third-order valence-corrected chi connectivity index (χ3v) is 8.19. The predicted molar refractivity (Wildman–Crippen MR) is 188 cm³/mol. The molecule has 0 heterocycles. The zero-order chi connectivity index (χ0) is 34.7. The number of benzene rings is 2. The van der Waals surface area contributed by atoms with E-state index in [0.717, 1.165) is 38.5 Å². The molecule has 0 unspecified atom stereocenters. The fourth-order valence-corrected chi connectivity index (χ4v) is 5.35. The molecule has 0 aliphatic heterocycles. The van der Waals surface area contributed by atoms with E-state index in [2.05, 4.69) is 13.8 Å². The molecule has 8 heteroatoms. The Kier molecular flexibility index (Phi) is 22.2. The van der Waals surface area contributed by atoms with Crippen LogP contribution in [0.3, 0.4) is 0 Å². The van der Waals surface area contributed by atoms with Gasteiger partial charge in [0.05, 0.1) is 24.3 Å². The number of unbranched alkanes of at least 4 members (excludes halogenated alkanes) is 18. The fraction of sp³-hybridized carbons (Fsp3) is 0.600. The van der Waals surface area contributed by atoms with E-state index >= 15 is 0 Å². The molecule has 2 aromatic rings. The van der Waals surface area contributed by atoms with Crippen molar-refractivity contribution in [3.05, 3.63) is 59.7 Å². The first-order valence-corrected chi connectivity index (χ1v) is 18.4. The summed E-state index contributed by atoms with van der Waals surface area (Å²) in [5.41, 5.74) is 0.425. The summed E-state index contributed by atoms with van der Waals surface area (Å²) in [6.07, 6.45) is 23.8. The van der Waals surface area contributed by atoms with Crippen molar-refractivity contribution >= 4 is 23.9 Å². The van der Waals surface area contributed by atoms with Gasteiger partial charge in [-0.05, 0) is 49.2 Å². The summed E-state index contributed by atoms with van der Waals surface area (Å²) < 4.78 is 21.0. The van der Waals surface area contributed by atoms with Gasteiger partial charge >= 0.3 is 23.9 Å². The molecule has 266 valence electrons. The molecule has 0 amide bonds. The highest BCUT2D eigenvalue weighted by Crippen LogP contribution is 2.18. The minimum Gasteiger partial charge on any atom is -0.462 e. The van der Waals surface area contributed by atoms with E-state index in [9.17, 15) is 19.2 Å². The average molecular weight is 667 g/mol. The van der Waals surface area contributed by atoms with Crippen LogP contribution in [0.15, 0.2) is 48.5 Å². The van der Waals surface area contributed by atoms with Gasteiger partial charge in [-0.2, -0.15) is 0 Å². The summed E-state index contributed by atoms with van der Waals surface area (Å²) in [5, 5.41) is 0. The SMILES string of the molecule is CCCCCCCCCCCCOC(=O)c1cccc(OC(=O)C(=O)Oc2cccc(C(=O)OCCCCCCCCCCCC)c2)c1. The van der Waals surface area contributed by atoms with Crippen LogP contribution >= 0.6 is 0 Å². The van der Waals surface area contributed by atoms with E-state index < -0.39 is 23.9 Å². The molecular weight excluding hydrogens is 608 g/mol. The molecule has 0 N–H and O–H groups in total. The average Bonchev–Trinajstić information content (AvgIpc) is 3.09. The summed E-state index contributed by atoms with van der Waals surface area (Å²) in [6.45, 7) is 5.08. The maximum atomic E-state index is 12.5. The van der Waals surface area contributed by atoms with Crippen LogP contribution in [-0.2, 0) is 19.1 Å². The molecule has 48 heavy (non-hydrogen) atoms. The third-order valence-electron chi connectivity index (χ3n) is 8.19. The summed E-state index contributed by atoms with van der Waals surface area (Å²) in [5.74, 6) is -3.56. The lowest BCUT2D eigenvalue weighted by molar-refractivity contribution is -0.156. The first kappa shape index (κ1) is 40.5. The number of hydrogen-bond acceptors (Lipinski definition) is 8. The van der Waals surface area contributed by atoms with Gasteiger partial charge < -0.3 is 18.9 Å². The number of carbonyl (C=O) groups is 4. The molecule has 0 aliphatic rings. The predicted octanol–water partition coefficient (Wildman–Crippen LogP) is 10.4. The smallest absolute Gasteiger partial charge is 0.423 e. The van der Waals surface area contributed by atoms with Gasteiger partial charge in [-0.3, -0.25) is 0 Å². The van der Waals surface area contributed by atoms with Gasteiger partial charge in [0, 0.05) is 0 Å². The van der Waals surface area contributed by atoms with Crippen molar-refractivity contribution in [3.63, 3.8) is 0 Å². The minimum absolute atomic E-state index is 0.00892. The van der Waals surface area contributed by atoms with Crippen molar-refractivity contribution in [2.75, 3.05) is 13.2 Å². The van der Waals surface area contributed by atoms with Crippen LogP contribution in [0.25, 0.3) is 0 Å². The largest absolute Gasteiger partial charge is 0.462 e. The minimum atomic E-state index is -1.26. The lowest BCUT2D eigenvalue weighted by Crippen LogP contribution is -2.25. The van der Waals surface area contributed by atoms with Crippen LogP contribution in [0.2, 0.25) is 0 Å². The van der Waals surface area contributed by atoms with E-state index in [-0.39, 0.29) is 22.6 Å². The number of rotatable bonds is 26. The molecule has 0 spiro atoms. The standard InChI is InChI=1S/C40H58O8/c1-3-5-7-9-11-13-15-17-19-21-29-45-37(41)33-25-23-27-35(31-33)47-39(43)40(44)48-36-28-24-26-34(32-36)38(42)46-30-22-20-18-16-14-12-10-8-6-4-2/h23-28,31-32H,3-22,29-30H2,1-2H3. The molecule has 2 aromatic carbocycles. The Hall–Kier alpha value is -3.68. The van der Waals surface area contributed by atoms with Gasteiger partial charge in [0.2, 0.25) is 0 Å². The molecule has 0 aromatic heterocycles. The lowest BCUT2D eigenvalue weighted by Gasteiger charge is -2.09. The van der Waals surface area contributed by atoms with Crippen LogP contribution in [-0.4, -0.2) is 37.1 Å². The van der Waals surface area contributed by atoms with Gasteiger partial charge in [0.25, 0.3) is 0 Å². The Morgan fingerprint density at radius 1 is 0.438 bits per heavy atom. The van der Waals surface area contributed by atoms with Crippen molar-refractivity contribution in [2.24, 2.45) is 0 Å². The Balaban J connectivity index is 1.66. The van der Waals surface area contributed by atoms with E-state index in [0.29, 0.717) is 13.2 Å². The van der Waals surface area contributed by atoms with E-state index in [4.69, 9.17) is 18.9 Å². The normalized spacial score (nSPS) is 10.8. The van der Waals surface area contributed by atoms with Crippen LogP contribution in [0.4, 0.5) is 0 Å². The summed E-state index contributed by atoms with van der Waals surface area (Å²) >= 11 is 0. The van der Waals surface area contributed by atoms with Crippen LogP contribution in [0, 0.1) is 0 Å². The zero-order valence-electron chi connectivity index (χ0n) is 29.4. The molecule has 0 saturated carbocycles. The van der Waals surface area contributed by atoms with E-state index in [1.807, 2.05) is 0 Å². The Morgan fingerprint density at radius 3 is 1.08 bits per heavy atom. The van der Waals surface area contributed by atoms with Gasteiger partial charge in [-0.1, -0.05) is 142 Å². The molecule has 8 nitrogen and oxygen atoms in total. The first-order chi connectivity index (χ1) is 23.4. The number of hydrogen-bond donors (Lipinski definition) is 0. The second-order valence-electron chi connectivity index (χ2n) is 12.5. The lowest BCUT2D eigenvalue weighted by atomic mass is 10.1. The summed E-state index contributed by atoms with van der Waals surface area (Å²) in [7, 11) is 0.